The van der Waals surface area contributed by atoms with E-state index in [-0.39, 0.29) is 5.91 Å². The van der Waals surface area contributed by atoms with Crippen molar-refractivity contribution in [2.75, 3.05) is 25.5 Å². The van der Waals surface area contributed by atoms with Gasteiger partial charge in [0.2, 0.25) is 0 Å². The minimum Gasteiger partial charge on any atom is -0.372 e. The fourth-order valence-electron chi connectivity index (χ4n) is 2.74. The molecule has 0 aromatic carbocycles. The van der Waals surface area contributed by atoms with E-state index in [0.29, 0.717) is 17.4 Å². The van der Waals surface area contributed by atoms with Gasteiger partial charge in [-0.05, 0) is 31.1 Å². The third-order valence-electron chi connectivity index (χ3n) is 4.11. The van der Waals surface area contributed by atoms with Gasteiger partial charge in [0.1, 0.15) is 11.5 Å². The Labute approximate surface area is 120 Å². The zero-order valence-corrected chi connectivity index (χ0v) is 12.6. The molecular formula is C15H24N4O. The molecule has 1 aromatic rings. The predicted octanol–water partition coefficient (Wildman–Crippen LogP) is 2.42. The van der Waals surface area contributed by atoms with Gasteiger partial charge >= 0.3 is 0 Å². The first kappa shape index (κ1) is 14.8. The molecule has 1 N–H and O–H groups in total. The highest BCUT2D eigenvalue weighted by molar-refractivity contribution is 5.92. The van der Waals surface area contributed by atoms with E-state index in [9.17, 15) is 4.79 Å². The highest BCUT2D eigenvalue weighted by Gasteiger charge is 2.24. The van der Waals surface area contributed by atoms with Crippen LogP contribution in [0.1, 0.15) is 43.6 Å². The van der Waals surface area contributed by atoms with Gasteiger partial charge in [0.25, 0.3) is 5.91 Å². The van der Waals surface area contributed by atoms with Crippen LogP contribution in [0.15, 0.2) is 12.4 Å². The molecule has 1 saturated heterocycles. The molecule has 1 unspecified atom stereocenters. The molecular weight excluding hydrogens is 252 g/mol. The summed E-state index contributed by atoms with van der Waals surface area (Å²) in [7, 11) is 1.78. The molecule has 0 radical (unpaired) electrons. The van der Waals surface area contributed by atoms with Crippen LogP contribution in [0.3, 0.4) is 0 Å². The molecule has 0 spiro atoms. The van der Waals surface area contributed by atoms with Crippen molar-refractivity contribution in [3.8, 4) is 0 Å². The van der Waals surface area contributed by atoms with Gasteiger partial charge in [0, 0.05) is 20.1 Å². The molecule has 2 rings (SSSR count). The number of aromatic nitrogens is 2. The van der Waals surface area contributed by atoms with E-state index < -0.39 is 0 Å². The zero-order valence-electron chi connectivity index (χ0n) is 12.6. The topological polar surface area (TPSA) is 58.1 Å². The molecule has 110 valence electrons. The highest BCUT2D eigenvalue weighted by Crippen LogP contribution is 2.25. The maximum Gasteiger partial charge on any atom is 0.274 e. The Morgan fingerprint density at radius 3 is 2.85 bits per heavy atom. The standard InChI is InChI=1S/C15H24N4O/c1-11(2)12-5-4-7-19(8-6-12)15(20)13-9-17-10-14(16-3)18-13/h9-12H,4-8H2,1-3H3,(H,16,18). The number of nitrogens with zero attached hydrogens (tertiary/aromatic N) is 3. The lowest BCUT2D eigenvalue weighted by Crippen LogP contribution is -2.33. The average Bonchev–Trinajstić information content (AvgIpc) is 2.72. The van der Waals surface area contributed by atoms with Crippen molar-refractivity contribution in [3.05, 3.63) is 18.1 Å². The largest absolute Gasteiger partial charge is 0.372 e. The van der Waals surface area contributed by atoms with Crippen molar-refractivity contribution in [1.82, 2.24) is 14.9 Å². The molecule has 0 saturated carbocycles. The number of carbonyl (C=O) groups is 1. The summed E-state index contributed by atoms with van der Waals surface area (Å²) in [5.41, 5.74) is 0.430. The fraction of sp³-hybridized carbons (Fsp3) is 0.667. The molecule has 1 amide bonds. The quantitative estimate of drug-likeness (QED) is 0.921. The van der Waals surface area contributed by atoms with Crippen molar-refractivity contribution in [1.29, 1.82) is 0 Å². The Bertz CT molecular complexity index is 461. The van der Waals surface area contributed by atoms with Gasteiger partial charge in [-0.1, -0.05) is 13.8 Å². The van der Waals surface area contributed by atoms with Gasteiger partial charge < -0.3 is 10.2 Å². The highest BCUT2D eigenvalue weighted by atomic mass is 16.2. The van der Waals surface area contributed by atoms with E-state index in [4.69, 9.17) is 0 Å². The Kier molecular flexibility index (Phi) is 4.93. The normalized spacial score (nSPS) is 19.8. The predicted molar refractivity (Wildman–Crippen MR) is 79.7 cm³/mol. The monoisotopic (exact) mass is 276 g/mol. The minimum absolute atomic E-state index is 0.000920. The van der Waals surface area contributed by atoms with Crippen molar-refractivity contribution < 1.29 is 4.79 Å². The van der Waals surface area contributed by atoms with Crippen molar-refractivity contribution in [2.24, 2.45) is 11.8 Å². The number of hydrogen-bond acceptors (Lipinski definition) is 4. The van der Waals surface area contributed by atoms with Gasteiger partial charge in [-0.3, -0.25) is 9.78 Å². The van der Waals surface area contributed by atoms with Crippen LogP contribution in [0, 0.1) is 11.8 Å². The summed E-state index contributed by atoms with van der Waals surface area (Å²) in [5, 5.41) is 2.92. The summed E-state index contributed by atoms with van der Waals surface area (Å²) in [4.78, 5) is 22.8. The smallest absolute Gasteiger partial charge is 0.274 e. The second kappa shape index (κ2) is 6.68. The van der Waals surface area contributed by atoms with Crippen LogP contribution in [-0.2, 0) is 0 Å². The number of rotatable bonds is 3. The summed E-state index contributed by atoms with van der Waals surface area (Å²) in [6.45, 7) is 6.19. The summed E-state index contributed by atoms with van der Waals surface area (Å²) in [6.07, 6.45) is 6.54. The first-order chi connectivity index (χ1) is 9.61. The SMILES string of the molecule is CNc1cncc(C(=O)N2CCCC(C(C)C)CC2)n1. The van der Waals surface area contributed by atoms with E-state index in [1.165, 1.54) is 6.42 Å². The summed E-state index contributed by atoms with van der Waals surface area (Å²) < 4.78 is 0. The first-order valence-corrected chi connectivity index (χ1v) is 7.41. The molecule has 1 aliphatic heterocycles. The molecule has 5 nitrogen and oxygen atoms in total. The lowest BCUT2D eigenvalue weighted by Gasteiger charge is -2.21. The molecule has 20 heavy (non-hydrogen) atoms. The number of carbonyl (C=O) groups excluding carboxylic acids is 1. The van der Waals surface area contributed by atoms with Gasteiger partial charge in [-0.25, -0.2) is 4.98 Å². The first-order valence-electron chi connectivity index (χ1n) is 7.41. The Morgan fingerprint density at radius 2 is 2.15 bits per heavy atom. The molecule has 1 aromatic heterocycles. The summed E-state index contributed by atoms with van der Waals surface area (Å²) in [6, 6.07) is 0. The van der Waals surface area contributed by atoms with Crippen molar-refractivity contribution in [2.45, 2.75) is 33.1 Å². The number of anilines is 1. The van der Waals surface area contributed by atoms with Gasteiger partial charge in [-0.15, -0.1) is 0 Å². The molecule has 0 aliphatic carbocycles. The van der Waals surface area contributed by atoms with E-state index in [2.05, 4.69) is 29.1 Å². The van der Waals surface area contributed by atoms with E-state index in [1.807, 2.05) is 4.90 Å². The molecule has 5 heteroatoms. The second-order valence-corrected chi connectivity index (χ2v) is 5.77. The van der Waals surface area contributed by atoms with Crippen LogP contribution in [0.5, 0.6) is 0 Å². The van der Waals surface area contributed by atoms with Crippen molar-refractivity contribution >= 4 is 11.7 Å². The third-order valence-corrected chi connectivity index (χ3v) is 4.11. The minimum atomic E-state index is -0.000920. The Hall–Kier alpha value is -1.65. The average molecular weight is 276 g/mol. The number of hydrogen-bond donors (Lipinski definition) is 1. The molecule has 1 fully saturated rings. The van der Waals surface area contributed by atoms with Gasteiger partial charge in [0.05, 0.1) is 12.4 Å². The number of likely N-dealkylation sites (tertiary alicyclic amines) is 1. The van der Waals surface area contributed by atoms with Gasteiger partial charge in [-0.2, -0.15) is 0 Å². The second-order valence-electron chi connectivity index (χ2n) is 5.77. The maximum atomic E-state index is 12.5. The van der Waals surface area contributed by atoms with E-state index in [0.717, 1.165) is 31.8 Å². The van der Waals surface area contributed by atoms with E-state index in [1.54, 1.807) is 19.4 Å². The maximum absolute atomic E-state index is 12.5. The van der Waals surface area contributed by atoms with E-state index >= 15 is 0 Å². The van der Waals surface area contributed by atoms with Crippen LogP contribution in [0.4, 0.5) is 5.82 Å². The summed E-state index contributed by atoms with van der Waals surface area (Å²) >= 11 is 0. The lowest BCUT2D eigenvalue weighted by molar-refractivity contribution is 0.0752. The third kappa shape index (κ3) is 3.46. The molecule has 0 bridgehead atoms. The van der Waals surface area contributed by atoms with Crippen LogP contribution in [0.25, 0.3) is 0 Å². The lowest BCUT2D eigenvalue weighted by atomic mass is 9.89. The zero-order chi connectivity index (χ0) is 14.5. The fourth-order valence-corrected chi connectivity index (χ4v) is 2.74. The van der Waals surface area contributed by atoms with Crippen LogP contribution < -0.4 is 5.32 Å². The van der Waals surface area contributed by atoms with Crippen LogP contribution in [-0.4, -0.2) is 40.9 Å². The summed E-state index contributed by atoms with van der Waals surface area (Å²) in [5.74, 6) is 2.05. The molecule has 1 atom stereocenters. The number of amides is 1. The van der Waals surface area contributed by atoms with Crippen LogP contribution in [0.2, 0.25) is 0 Å². The Morgan fingerprint density at radius 1 is 1.35 bits per heavy atom. The Balaban J connectivity index is 2.05. The van der Waals surface area contributed by atoms with Gasteiger partial charge in [0.15, 0.2) is 0 Å². The number of nitrogens with one attached hydrogen (secondary N) is 1. The van der Waals surface area contributed by atoms with Crippen molar-refractivity contribution in [3.63, 3.8) is 0 Å². The van der Waals surface area contributed by atoms with Crippen LogP contribution >= 0.6 is 0 Å². The molecule has 2 heterocycles. The molecule has 1 aliphatic rings.